The predicted molar refractivity (Wildman–Crippen MR) is 81.0 cm³/mol. The minimum Gasteiger partial charge on any atom is -0.303 e. The number of nitrogens with one attached hydrogen (secondary N) is 1. The Labute approximate surface area is 119 Å². The third-order valence-corrected chi connectivity index (χ3v) is 3.85. The maximum absolute atomic E-state index is 9.59. The third kappa shape index (κ3) is 5.12. The average Bonchev–Trinajstić information content (AvgIpc) is 2.26. The molecule has 0 amide bonds. The SMILES string of the molecule is CC(C)NC1(C#N)CCCC(N(C)CC(C)(C)C)C1. The first-order chi connectivity index (χ1) is 8.67. The number of hydrogen-bond acceptors (Lipinski definition) is 3. The van der Waals surface area contributed by atoms with E-state index in [0.717, 1.165) is 25.8 Å². The summed E-state index contributed by atoms with van der Waals surface area (Å²) in [5.74, 6) is 0. The van der Waals surface area contributed by atoms with E-state index < -0.39 is 0 Å². The molecule has 0 aliphatic heterocycles. The summed E-state index contributed by atoms with van der Waals surface area (Å²) in [5, 5.41) is 13.1. The minimum absolute atomic E-state index is 0.312. The summed E-state index contributed by atoms with van der Waals surface area (Å²) in [6.45, 7) is 12.2. The molecular formula is C16H31N3. The van der Waals surface area contributed by atoms with Crippen molar-refractivity contribution in [3.63, 3.8) is 0 Å². The van der Waals surface area contributed by atoms with Crippen LogP contribution in [0, 0.1) is 16.7 Å². The maximum Gasteiger partial charge on any atom is 0.108 e. The van der Waals surface area contributed by atoms with E-state index in [0.29, 0.717) is 17.5 Å². The van der Waals surface area contributed by atoms with Crippen molar-refractivity contribution in [2.24, 2.45) is 5.41 Å². The molecule has 1 aliphatic rings. The topological polar surface area (TPSA) is 39.1 Å². The second-order valence-electron chi connectivity index (χ2n) is 7.72. The molecule has 3 heteroatoms. The van der Waals surface area contributed by atoms with Crippen LogP contribution < -0.4 is 5.32 Å². The van der Waals surface area contributed by atoms with Crippen molar-refractivity contribution >= 4 is 0 Å². The molecule has 2 unspecified atom stereocenters. The standard InChI is InChI=1S/C16H31N3/c1-13(2)18-16(11-17)9-7-8-14(10-16)19(6)12-15(3,4)5/h13-14,18H,7-10,12H2,1-6H3. The van der Waals surface area contributed by atoms with E-state index in [-0.39, 0.29) is 5.54 Å². The zero-order valence-corrected chi connectivity index (χ0v) is 13.6. The van der Waals surface area contributed by atoms with E-state index in [1.54, 1.807) is 0 Å². The molecule has 0 radical (unpaired) electrons. The molecule has 0 spiro atoms. The molecule has 0 aromatic heterocycles. The minimum atomic E-state index is -0.316. The Kier molecular flexibility index (Phi) is 5.41. The number of rotatable bonds is 4. The van der Waals surface area contributed by atoms with Gasteiger partial charge in [-0.1, -0.05) is 20.8 Å². The fourth-order valence-electron chi connectivity index (χ4n) is 3.32. The van der Waals surface area contributed by atoms with E-state index in [4.69, 9.17) is 0 Å². The monoisotopic (exact) mass is 265 g/mol. The van der Waals surface area contributed by atoms with Crippen LogP contribution in [0.2, 0.25) is 0 Å². The van der Waals surface area contributed by atoms with Crippen LogP contribution in [0.5, 0.6) is 0 Å². The van der Waals surface area contributed by atoms with Gasteiger partial charge < -0.3 is 4.90 Å². The van der Waals surface area contributed by atoms with E-state index in [2.05, 4.69) is 58.0 Å². The molecule has 0 aromatic rings. The fraction of sp³-hybridized carbons (Fsp3) is 0.938. The van der Waals surface area contributed by atoms with Crippen molar-refractivity contribution < 1.29 is 0 Å². The van der Waals surface area contributed by atoms with Gasteiger partial charge in [0.1, 0.15) is 5.54 Å². The Balaban J connectivity index is 2.70. The lowest BCUT2D eigenvalue weighted by Gasteiger charge is -2.42. The van der Waals surface area contributed by atoms with E-state index in [1.807, 2.05) is 0 Å². The van der Waals surface area contributed by atoms with Gasteiger partial charge in [0.25, 0.3) is 0 Å². The lowest BCUT2D eigenvalue weighted by atomic mass is 9.78. The van der Waals surface area contributed by atoms with Gasteiger partial charge in [-0.05, 0) is 52.0 Å². The van der Waals surface area contributed by atoms with E-state index in [9.17, 15) is 5.26 Å². The van der Waals surface area contributed by atoms with Gasteiger partial charge in [0.2, 0.25) is 0 Å². The summed E-state index contributed by atoms with van der Waals surface area (Å²) < 4.78 is 0. The molecular weight excluding hydrogens is 234 g/mol. The molecule has 0 bridgehead atoms. The molecule has 1 N–H and O–H groups in total. The molecule has 19 heavy (non-hydrogen) atoms. The second-order valence-corrected chi connectivity index (χ2v) is 7.72. The largest absolute Gasteiger partial charge is 0.303 e. The van der Waals surface area contributed by atoms with Crippen LogP contribution in [0.1, 0.15) is 60.3 Å². The van der Waals surface area contributed by atoms with Gasteiger partial charge in [-0.3, -0.25) is 5.32 Å². The van der Waals surface area contributed by atoms with Crippen LogP contribution in [0.25, 0.3) is 0 Å². The Morgan fingerprint density at radius 2 is 2.05 bits per heavy atom. The van der Waals surface area contributed by atoms with Crippen LogP contribution in [0.15, 0.2) is 0 Å². The highest BCUT2D eigenvalue weighted by Gasteiger charge is 2.38. The van der Waals surface area contributed by atoms with Crippen LogP contribution in [-0.4, -0.2) is 36.1 Å². The second kappa shape index (κ2) is 6.24. The van der Waals surface area contributed by atoms with Crippen LogP contribution in [-0.2, 0) is 0 Å². The Bertz CT molecular complexity index is 324. The first-order valence-electron chi connectivity index (χ1n) is 7.57. The van der Waals surface area contributed by atoms with Gasteiger partial charge in [0, 0.05) is 18.6 Å². The molecule has 3 nitrogen and oxygen atoms in total. The van der Waals surface area contributed by atoms with Crippen molar-refractivity contribution in [2.75, 3.05) is 13.6 Å². The molecule has 0 aromatic carbocycles. The van der Waals surface area contributed by atoms with Crippen molar-refractivity contribution in [2.45, 2.75) is 77.9 Å². The summed E-state index contributed by atoms with van der Waals surface area (Å²) in [4.78, 5) is 2.45. The van der Waals surface area contributed by atoms with Gasteiger partial charge in [0.15, 0.2) is 0 Å². The van der Waals surface area contributed by atoms with Gasteiger partial charge >= 0.3 is 0 Å². The van der Waals surface area contributed by atoms with Gasteiger partial charge in [-0.15, -0.1) is 0 Å². The molecule has 1 rings (SSSR count). The quantitative estimate of drug-likeness (QED) is 0.848. The Morgan fingerprint density at radius 1 is 1.42 bits per heavy atom. The van der Waals surface area contributed by atoms with Gasteiger partial charge in [-0.2, -0.15) is 5.26 Å². The summed E-state index contributed by atoms with van der Waals surface area (Å²) in [6.07, 6.45) is 4.30. The zero-order valence-electron chi connectivity index (χ0n) is 13.6. The predicted octanol–water partition coefficient (Wildman–Crippen LogP) is 3.17. The normalized spacial score (nSPS) is 28.7. The Morgan fingerprint density at radius 3 is 2.53 bits per heavy atom. The molecule has 2 atom stereocenters. The molecule has 1 saturated carbocycles. The number of nitrogens with zero attached hydrogens (tertiary/aromatic N) is 2. The van der Waals surface area contributed by atoms with Crippen LogP contribution in [0.3, 0.4) is 0 Å². The highest BCUT2D eigenvalue weighted by Crippen LogP contribution is 2.32. The number of nitriles is 1. The molecule has 110 valence electrons. The molecule has 0 heterocycles. The van der Waals surface area contributed by atoms with Gasteiger partial charge in [-0.25, -0.2) is 0 Å². The smallest absolute Gasteiger partial charge is 0.108 e. The highest BCUT2D eigenvalue weighted by atomic mass is 15.1. The van der Waals surface area contributed by atoms with E-state index >= 15 is 0 Å². The lowest BCUT2D eigenvalue weighted by Crippen LogP contribution is -2.54. The average molecular weight is 265 g/mol. The summed E-state index contributed by atoms with van der Waals surface area (Å²) >= 11 is 0. The first kappa shape index (κ1) is 16.5. The third-order valence-electron chi connectivity index (χ3n) is 3.85. The summed E-state index contributed by atoms with van der Waals surface area (Å²) in [7, 11) is 2.21. The zero-order chi connectivity index (χ0) is 14.7. The van der Waals surface area contributed by atoms with Crippen LogP contribution >= 0.6 is 0 Å². The molecule has 1 fully saturated rings. The fourth-order valence-corrected chi connectivity index (χ4v) is 3.32. The summed E-state index contributed by atoms with van der Waals surface area (Å²) in [6, 6.07) is 3.45. The van der Waals surface area contributed by atoms with Crippen molar-refractivity contribution in [3.05, 3.63) is 0 Å². The van der Waals surface area contributed by atoms with Crippen molar-refractivity contribution in [1.82, 2.24) is 10.2 Å². The summed E-state index contributed by atoms with van der Waals surface area (Å²) in [5.41, 5.74) is -0.00377. The first-order valence-corrected chi connectivity index (χ1v) is 7.57. The van der Waals surface area contributed by atoms with Crippen molar-refractivity contribution in [1.29, 1.82) is 5.26 Å². The van der Waals surface area contributed by atoms with E-state index in [1.165, 1.54) is 6.42 Å². The molecule has 1 aliphatic carbocycles. The van der Waals surface area contributed by atoms with Crippen molar-refractivity contribution in [3.8, 4) is 6.07 Å². The number of hydrogen-bond donors (Lipinski definition) is 1. The van der Waals surface area contributed by atoms with Gasteiger partial charge in [0.05, 0.1) is 6.07 Å². The van der Waals surface area contributed by atoms with Crippen LogP contribution in [0.4, 0.5) is 0 Å². The maximum atomic E-state index is 9.59. The molecule has 0 saturated heterocycles. The Hall–Kier alpha value is -0.590. The lowest BCUT2D eigenvalue weighted by molar-refractivity contribution is 0.108. The highest BCUT2D eigenvalue weighted by molar-refractivity contribution is 5.11.